The van der Waals surface area contributed by atoms with E-state index in [4.69, 9.17) is 4.74 Å². The Bertz CT molecular complexity index is 1060. The number of amides is 1. The molecule has 2 aromatic rings. The number of fused-ring (bicyclic) bond motifs is 1. The van der Waals surface area contributed by atoms with Crippen LogP contribution in [0.15, 0.2) is 52.3 Å². The first kappa shape index (κ1) is 18.7. The number of sulfone groups is 1. The van der Waals surface area contributed by atoms with Gasteiger partial charge in [0, 0.05) is 24.3 Å². The van der Waals surface area contributed by atoms with E-state index in [2.05, 4.69) is 5.32 Å². The fraction of sp³-hybridized carbons (Fsp3) is 0.286. The highest BCUT2D eigenvalue weighted by Crippen LogP contribution is 2.40. The zero-order chi connectivity index (χ0) is 19.9. The van der Waals surface area contributed by atoms with Gasteiger partial charge in [0.15, 0.2) is 4.91 Å². The number of benzene rings is 2. The molecule has 28 heavy (non-hydrogen) atoms. The van der Waals surface area contributed by atoms with Crippen molar-refractivity contribution in [1.29, 1.82) is 0 Å². The molecule has 0 unspecified atom stereocenters. The largest absolute Gasteiger partial charge is 0.378 e. The highest BCUT2D eigenvalue weighted by molar-refractivity contribution is 7.97. The van der Waals surface area contributed by atoms with Gasteiger partial charge in [0.1, 0.15) is 0 Å². The summed E-state index contributed by atoms with van der Waals surface area (Å²) in [5.41, 5.74) is 3.73. The van der Waals surface area contributed by atoms with Crippen LogP contribution in [0.3, 0.4) is 0 Å². The number of carbonyl (C=O) groups is 1. The van der Waals surface area contributed by atoms with E-state index in [-0.39, 0.29) is 9.80 Å². The predicted molar refractivity (Wildman–Crippen MR) is 107 cm³/mol. The molecule has 2 aliphatic rings. The number of morpholine rings is 1. The second-order valence-electron chi connectivity index (χ2n) is 7.11. The molecule has 0 saturated carbocycles. The summed E-state index contributed by atoms with van der Waals surface area (Å²) >= 11 is 0. The van der Waals surface area contributed by atoms with Crippen molar-refractivity contribution in [3.63, 3.8) is 0 Å². The van der Waals surface area contributed by atoms with Gasteiger partial charge >= 0.3 is 0 Å². The van der Waals surface area contributed by atoms with Crippen molar-refractivity contribution < 1.29 is 17.9 Å². The molecule has 2 heterocycles. The number of aryl methyl sites for hydroxylation is 2. The number of rotatable bonds is 3. The lowest BCUT2D eigenvalue weighted by atomic mass is 10.1. The third-order valence-corrected chi connectivity index (χ3v) is 6.78. The van der Waals surface area contributed by atoms with Gasteiger partial charge in [-0.25, -0.2) is 8.42 Å². The Labute approximate surface area is 164 Å². The van der Waals surface area contributed by atoms with Gasteiger partial charge in [0.25, 0.3) is 5.91 Å². The molecule has 1 N–H and O–H groups in total. The number of anilines is 1. The van der Waals surface area contributed by atoms with Crippen LogP contribution in [-0.4, -0.2) is 45.5 Å². The number of nitrogens with one attached hydrogen (secondary N) is 1. The summed E-state index contributed by atoms with van der Waals surface area (Å²) in [6.45, 7) is 5.53. The standard InChI is InChI=1S/C21H22N2O4S/c1-14-11-15(2)13-16(12-14)22-19-17-5-3-4-6-18(17)28(25,26)20(19)21(24)23-7-9-27-10-8-23/h3-6,11-13,22H,7-10H2,1-2H3. The van der Waals surface area contributed by atoms with Crippen LogP contribution in [0.5, 0.6) is 0 Å². The van der Waals surface area contributed by atoms with Crippen LogP contribution < -0.4 is 5.32 Å². The normalized spacial score (nSPS) is 18.1. The molecule has 1 saturated heterocycles. The molecule has 4 rings (SSSR count). The molecule has 0 spiro atoms. The van der Waals surface area contributed by atoms with Crippen molar-refractivity contribution in [2.45, 2.75) is 18.7 Å². The number of ether oxygens (including phenoxy) is 1. The topological polar surface area (TPSA) is 75.7 Å². The molecule has 146 valence electrons. The second kappa shape index (κ2) is 7.07. The van der Waals surface area contributed by atoms with Gasteiger partial charge in [0.2, 0.25) is 9.84 Å². The Hall–Kier alpha value is -2.64. The summed E-state index contributed by atoms with van der Waals surface area (Å²) in [4.78, 5) is 14.7. The van der Waals surface area contributed by atoms with E-state index < -0.39 is 15.7 Å². The Morgan fingerprint density at radius 3 is 2.36 bits per heavy atom. The SMILES string of the molecule is Cc1cc(C)cc(NC2=C(C(=O)N3CCOCC3)S(=O)(=O)c3ccccc32)c1. The van der Waals surface area contributed by atoms with Crippen molar-refractivity contribution in [2.24, 2.45) is 0 Å². The molecule has 0 aliphatic carbocycles. The number of hydrogen-bond acceptors (Lipinski definition) is 5. The van der Waals surface area contributed by atoms with E-state index in [1.807, 2.05) is 32.0 Å². The minimum Gasteiger partial charge on any atom is -0.378 e. The van der Waals surface area contributed by atoms with Crippen molar-refractivity contribution in [2.75, 3.05) is 31.6 Å². The molecular formula is C21H22N2O4S. The van der Waals surface area contributed by atoms with E-state index >= 15 is 0 Å². The average Bonchev–Trinajstić information content (AvgIpc) is 2.88. The van der Waals surface area contributed by atoms with E-state index in [1.54, 1.807) is 29.2 Å². The maximum Gasteiger partial charge on any atom is 0.268 e. The fourth-order valence-corrected chi connectivity index (χ4v) is 5.45. The third-order valence-electron chi connectivity index (χ3n) is 4.93. The molecule has 7 heteroatoms. The van der Waals surface area contributed by atoms with E-state index in [0.717, 1.165) is 16.8 Å². The van der Waals surface area contributed by atoms with Crippen LogP contribution in [0.25, 0.3) is 5.70 Å². The number of nitrogens with zero attached hydrogens (tertiary/aromatic N) is 1. The maximum absolute atomic E-state index is 13.2. The zero-order valence-electron chi connectivity index (χ0n) is 15.9. The van der Waals surface area contributed by atoms with Crippen LogP contribution in [0.4, 0.5) is 5.69 Å². The van der Waals surface area contributed by atoms with Gasteiger partial charge in [-0.1, -0.05) is 24.3 Å². The van der Waals surface area contributed by atoms with Gasteiger partial charge in [-0.15, -0.1) is 0 Å². The summed E-state index contributed by atoms with van der Waals surface area (Å²) in [6.07, 6.45) is 0. The van der Waals surface area contributed by atoms with Gasteiger partial charge < -0.3 is 15.0 Å². The summed E-state index contributed by atoms with van der Waals surface area (Å²) in [6, 6.07) is 12.6. The number of carbonyl (C=O) groups excluding carboxylic acids is 1. The van der Waals surface area contributed by atoms with E-state index in [9.17, 15) is 13.2 Å². The molecular weight excluding hydrogens is 376 g/mol. The molecule has 1 fully saturated rings. The molecule has 2 aliphatic heterocycles. The fourth-order valence-electron chi connectivity index (χ4n) is 3.72. The Morgan fingerprint density at radius 1 is 1.04 bits per heavy atom. The highest BCUT2D eigenvalue weighted by Gasteiger charge is 2.41. The highest BCUT2D eigenvalue weighted by atomic mass is 32.2. The predicted octanol–water partition coefficient (Wildman–Crippen LogP) is 2.73. The summed E-state index contributed by atoms with van der Waals surface area (Å²) < 4.78 is 31.8. The Morgan fingerprint density at radius 2 is 1.68 bits per heavy atom. The van der Waals surface area contributed by atoms with Crippen molar-refractivity contribution in [1.82, 2.24) is 4.90 Å². The van der Waals surface area contributed by atoms with E-state index in [1.165, 1.54) is 0 Å². The van der Waals surface area contributed by atoms with Gasteiger partial charge in [-0.2, -0.15) is 0 Å². The quantitative estimate of drug-likeness (QED) is 0.860. The van der Waals surface area contributed by atoms with Crippen LogP contribution in [0, 0.1) is 13.8 Å². The van der Waals surface area contributed by atoms with Crippen molar-refractivity contribution in [3.8, 4) is 0 Å². The van der Waals surface area contributed by atoms with E-state index in [0.29, 0.717) is 37.6 Å². The molecule has 0 atom stereocenters. The Balaban J connectivity index is 1.85. The molecule has 2 aromatic carbocycles. The average molecular weight is 398 g/mol. The van der Waals surface area contributed by atoms with Gasteiger partial charge in [-0.3, -0.25) is 4.79 Å². The molecule has 0 bridgehead atoms. The molecule has 1 amide bonds. The summed E-state index contributed by atoms with van der Waals surface area (Å²) in [5.74, 6) is -0.480. The van der Waals surface area contributed by atoms with Crippen LogP contribution in [-0.2, 0) is 19.4 Å². The Kier molecular flexibility index (Phi) is 4.72. The smallest absolute Gasteiger partial charge is 0.268 e. The lowest BCUT2D eigenvalue weighted by Gasteiger charge is -2.27. The minimum absolute atomic E-state index is 0.165. The second-order valence-corrected chi connectivity index (χ2v) is 8.96. The first-order chi connectivity index (χ1) is 13.4. The lowest BCUT2D eigenvalue weighted by Crippen LogP contribution is -2.42. The summed E-state index contributed by atoms with van der Waals surface area (Å²) in [5, 5.41) is 3.23. The first-order valence-electron chi connectivity index (χ1n) is 9.19. The molecule has 0 aromatic heterocycles. The lowest BCUT2D eigenvalue weighted by molar-refractivity contribution is -0.130. The first-order valence-corrected chi connectivity index (χ1v) is 10.7. The van der Waals surface area contributed by atoms with Crippen LogP contribution >= 0.6 is 0 Å². The third kappa shape index (κ3) is 3.21. The molecule has 0 radical (unpaired) electrons. The van der Waals surface area contributed by atoms with Crippen molar-refractivity contribution in [3.05, 3.63) is 64.1 Å². The monoisotopic (exact) mass is 398 g/mol. The molecule has 6 nitrogen and oxygen atoms in total. The van der Waals surface area contributed by atoms with Crippen molar-refractivity contribution >= 4 is 27.1 Å². The maximum atomic E-state index is 13.2. The summed E-state index contributed by atoms with van der Waals surface area (Å²) in [7, 11) is -3.90. The van der Waals surface area contributed by atoms with Gasteiger partial charge in [-0.05, 0) is 43.2 Å². The minimum atomic E-state index is -3.90. The number of hydrogen-bond donors (Lipinski definition) is 1. The zero-order valence-corrected chi connectivity index (χ0v) is 16.7. The van der Waals surface area contributed by atoms with Crippen LogP contribution in [0.1, 0.15) is 16.7 Å². The van der Waals surface area contributed by atoms with Gasteiger partial charge in [0.05, 0.1) is 23.8 Å². The van der Waals surface area contributed by atoms with Crippen LogP contribution in [0.2, 0.25) is 0 Å².